The van der Waals surface area contributed by atoms with Gasteiger partial charge < -0.3 is 0 Å². The Morgan fingerprint density at radius 1 is 1.43 bits per heavy atom. The fourth-order valence-electron chi connectivity index (χ4n) is 4.36. The summed E-state index contributed by atoms with van der Waals surface area (Å²) in [6, 6.07) is 0. The second-order valence-corrected chi connectivity index (χ2v) is 7.53. The number of rotatable bonds is 4. The SMILES string of the molecule is CC[N+]1(CC)C[C@@]2(CCC(=O)[C@@H](C)[C@@H]2COC)[C](=[Cr])O[B-]1(F)F. The summed E-state index contributed by atoms with van der Waals surface area (Å²) in [5, 5.41) is 0. The standard InChI is InChI=1S/C15H26BF2NO3.Cr/c1-5-19(6-2)10-15(11-22-16(19,17)18)8-7-14(20)12(3)13(15)9-21-4;/h12-13H,5-10H2,1-4H3;/t12-,13-,15-;/m0./s1. The van der Waals surface area contributed by atoms with Crippen molar-refractivity contribution in [2.45, 2.75) is 33.6 Å². The quantitative estimate of drug-likeness (QED) is 0.713. The maximum absolute atomic E-state index is 14.7. The van der Waals surface area contributed by atoms with Gasteiger partial charge in [-0.05, 0) is 0 Å². The van der Waals surface area contributed by atoms with E-state index in [-0.39, 0.29) is 26.6 Å². The number of ketones is 1. The van der Waals surface area contributed by atoms with Gasteiger partial charge in [0.15, 0.2) is 0 Å². The summed E-state index contributed by atoms with van der Waals surface area (Å²) < 4.78 is 39.8. The van der Waals surface area contributed by atoms with E-state index in [9.17, 15) is 13.4 Å². The predicted octanol–water partition coefficient (Wildman–Crippen LogP) is 2.17. The number of halogens is 2. The minimum atomic E-state index is -3.99. The molecular weight excluding hydrogens is 343 g/mol. The molecule has 0 unspecified atom stereocenters. The van der Waals surface area contributed by atoms with Crippen molar-refractivity contribution in [3.8, 4) is 0 Å². The molecule has 0 radical (unpaired) electrons. The molecule has 1 spiro atoms. The fourth-order valence-corrected chi connectivity index (χ4v) is 5.04. The molecule has 1 saturated carbocycles. The maximum atomic E-state index is 14.7. The molecule has 2 aliphatic rings. The van der Waals surface area contributed by atoms with Gasteiger partial charge in [0, 0.05) is 0 Å². The van der Waals surface area contributed by atoms with Crippen molar-refractivity contribution in [1.82, 2.24) is 0 Å². The average Bonchev–Trinajstić information content (AvgIpc) is 2.50. The normalized spacial score (nSPS) is 36.4. The number of methoxy groups -OCH3 is 1. The van der Waals surface area contributed by atoms with Crippen molar-refractivity contribution in [2.75, 3.05) is 33.4 Å². The Hall–Kier alpha value is -0.123. The van der Waals surface area contributed by atoms with Gasteiger partial charge in [-0.3, -0.25) is 0 Å². The fraction of sp³-hybridized carbons (Fsp3) is 0.867. The molecule has 3 atom stereocenters. The first-order valence-corrected chi connectivity index (χ1v) is 8.95. The number of hydrogen-bond acceptors (Lipinski definition) is 3. The third-order valence-corrected chi connectivity index (χ3v) is 6.92. The molecule has 1 aliphatic carbocycles. The number of carbonyl (C=O) groups is 1. The Labute approximate surface area is 145 Å². The molecule has 2 rings (SSSR count). The molecule has 4 nitrogen and oxygen atoms in total. The van der Waals surface area contributed by atoms with Crippen LogP contribution >= 0.6 is 0 Å². The van der Waals surface area contributed by atoms with Crippen LogP contribution in [-0.2, 0) is 30.0 Å². The first-order valence-electron chi connectivity index (χ1n) is 8.31. The Bertz CT molecular complexity index is 501. The Balaban J connectivity index is 2.49. The molecule has 0 N–H and O–H groups in total. The summed E-state index contributed by atoms with van der Waals surface area (Å²) in [5.41, 5.74) is -0.571. The molecule has 1 saturated heterocycles. The van der Waals surface area contributed by atoms with Crippen LogP contribution in [0, 0.1) is 17.3 Å². The molecular formula is C15H26BCrF2NO3. The van der Waals surface area contributed by atoms with Crippen LogP contribution in [-0.4, -0.2) is 55.1 Å². The molecule has 2 fully saturated rings. The Kier molecular flexibility index (Phi) is 5.55. The van der Waals surface area contributed by atoms with E-state index in [0.29, 0.717) is 39.1 Å². The summed E-state index contributed by atoms with van der Waals surface area (Å²) >= 11 is 2.76. The molecule has 0 aromatic carbocycles. The molecule has 0 bridgehead atoms. The van der Waals surface area contributed by atoms with Crippen molar-refractivity contribution in [1.29, 1.82) is 0 Å². The van der Waals surface area contributed by atoms with Crippen LogP contribution in [0.2, 0.25) is 0 Å². The van der Waals surface area contributed by atoms with Crippen LogP contribution in [0.25, 0.3) is 0 Å². The van der Waals surface area contributed by atoms with Crippen LogP contribution in [0.3, 0.4) is 0 Å². The van der Waals surface area contributed by atoms with E-state index in [1.165, 1.54) is 0 Å². The van der Waals surface area contributed by atoms with Gasteiger partial charge in [-0.1, -0.05) is 0 Å². The van der Waals surface area contributed by atoms with Gasteiger partial charge in [0.1, 0.15) is 0 Å². The van der Waals surface area contributed by atoms with Crippen molar-refractivity contribution in [3.05, 3.63) is 0 Å². The van der Waals surface area contributed by atoms with E-state index < -0.39 is 12.5 Å². The van der Waals surface area contributed by atoms with Crippen LogP contribution < -0.4 is 0 Å². The summed E-state index contributed by atoms with van der Waals surface area (Å²) in [6.45, 7) is 6.72. The minimum absolute atomic E-state index is 0.146. The number of nitrogens with zero attached hydrogens (tertiary/aromatic N) is 1. The zero-order valence-corrected chi connectivity index (χ0v) is 15.6. The van der Waals surface area contributed by atoms with E-state index >= 15 is 0 Å². The van der Waals surface area contributed by atoms with E-state index in [2.05, 4.69) is 15.9 Å². The number of Topliss-reactive ketones (excluding diaryl/α,β-unsaturated/α-hetero) is 1. The first-order chi connectivity index (χ1) is 10.7. The van der Waals surface area contributed by atoms with E-state index in [4.69, 9.17) is 9.39 Å². The van der Waals surface area contributed by atoms with Crippen molar-refractivity contribution in [3.63, 3.8) is 0 Å². The van der Waals surface area contributed by atoms with Crippen LogP contribution in [0.15, 0.2) is 0 Å². The number of hydrogen-bond donors (Lipinski definition) is 0. The van der Waals surface area contributed by atoms with Gasteiger partial charge in [-0.15, -0.1) is 0 Å². The molecule has 0 aromatic rings. The zero-order valence-electron chi connectivity index (χ0n) is 14.3. The first kappa shape index (κ1) is 19.2. The summed E-state index contributed by atoms with van der Waals surface area (Å²) in [7, 11) is -2.40. The molecule has 8 heteroatoms. The number of ether oxygens (including phenoxy) is 1. The van der Waals surface area contributed by atoms with Crippen molar-refractivity contribution in [2.24, 2.45) is 17.3 Å². The molecule has 0 amide bonds. The molecule has 0 aromatic heterocycles. The monoisotopic (exact) mass is 369 g/mol. The van der Waals surface area contributed by atoms with Crippen molar-refractivity contribution < 1.29 is 43.1 Å². The van der Waals surface area contributed by atoms with Gasteiger partial charge >= 0.3 is 145 Å². The van der Waals surface area contributed by atoms with E-state index in [1.807, 2.05) is 6.92 Å². The summed E-state index contributed by atoms with van der Waals surface area (Å²) in [4.78, 5) is 12.2. The molecule has 1 heterocycles. The third-order valence-electron chi connectivity index (χ3n) is 6.13. The zero-order chi connectivity index (χ0) is 17.5. The number of carbonyl (C=O) groups excluding carboxylic acids is 1. The van der Waals surface area contributed by atoms with Crippen molar-refractivity contribution >= 4 is 17.4 Å². The van der Waals surface area contributed by atoms with Gasteiger partial charge in [0.2, 0.25) is 0 Å². The Morgan fingerprint density at radius 3 is 2.57 bits per heavy atom. The summed E-state index contributed by atoms with van der Waals surface area (Å²) in [6.07, 6.45) is 0.945. The molecule has 23 heavy (non-hydrogen) atoms. The van der Waals surface area contributed by atoms with Crippen LogP contribution in [0.5, 0.6) is 0 Å². The topological polar surface area (TPSA) is 35.5 Å². The van der Waals surface area contributed by atoms with Gasteiger partial charge in [-0.2, -0.15) is 0 Å². The average molecular weight is 369 g/mol. The number of quaternary nitrogens is 1. The van der Waals surface area contributed by atoms with Crippen LogP contribution in [0.1, 0.15) is 33.6 Å². The molecule has 132 valence electrons. The molecule has 1 aliphatic heterocycles. The van der Waals surface area contributed by atoms with E-state index in [1.54, 1.807) is 21.0 Å². The van der Waals surface area contributed by atoms with Gasteiger partial charge in [0.25, 0.3) is 0 Å². The second-order valence-electron chi connectivity index (χ2n) is 6.95. The summed E-state index contributed by atoms with van der Waals surface area (Å²) in [5.74, 6) is -0.183. The second kappa shape index (κ2) is 6.65. The Morgan fingerprint density at radius 2 is 2.04 bits per heavy atom. The van der Waals surface area contributed by atoms with Crippen LogP contribution in [0.4, 0.5) is 8.63 Å². The van der Waals surface area contributed by atoms with E-state index in [0.717, 1.165) is 0 Å². The predicted molar refractivity (Wildman–Crippen MR) is 81.5 cm³/mol. The van der Waals surface area contributed by atoms with Gasteiger partial charge in [0.05, 0.1) is 0 Å². The third kappa shape index (κ3) is 2.87. The van der Waals surface area contributed by atoms with Gasteiger partial charge in [-0.25, -0.2) is 0 Å².